The molecule has 0 aliphatic heterocycles. The second-order valence-electron chi connectivity index (χ2n) is 4.90. The van der Waals surface area contributed by atoms with Crippen LogP contribution < -0.4 is 10.6 Å². The van der Waals surface area contributed by atoms with E-state index in [1.165, 1.54) is 0 Å². The van der Waals surface area contributed by atoms with Gasteiger partial charge in [-0.1, -0.05) is 25.5 Å². The lowest BCUT2D eigenvalue weighted by atomic mass is 10.3. The molecule has 0 unspecified atom stereocenters. The van der Waals surface area contributed by atoms with Crippen LogP contribution in [0, 0.1) is 6.92 Å². The third kappa shape index (κ3) is 4.53. The van der Waals surface area contributed by atoms with Crippen LogP contribution in [0.5, 0.6) is 0 Å². The summed E-state index contributed by atoms with van der Waals surface area (Å²) in [6, 6.07) is 9.14. The van der Waals surface area contributed by atoms with Gasteiger partial charge in [-0.3, -0.25) is 4.79 Å². The minimum Gasteiger partial charge on any atom is -0.370 e. The number of rotatable bonds is 6. The van der Waals surface area contributed by atoms with Gasteiger partial charge in [0.2, 0.25) is 0 Å². The zero-order chi connectivity index (χ0) is 15.9. The number of aromatic nitrogens is 2. The summed E-state index contributed by atoms with van der Waals surface area (Å²) in [6.07, 6.45) is 2.16. The van der Waals surface area contributed by atoms with Crippen LogP contribution in [0.25, 0.3) is 0 Å². The summed E-state index contributed by atoms with van der Waals surface area (Å²) in [5.74, 6) is 0.993. The lowest BCUT2D eigenvalue weighted by Gasteiger charge is -2.09. The van der Waals surface area contributed by atoms with E-state index in [4.69, 9.17) is 0 Å². The molecule has 0 atom stereocenters. The van der Waals surface area contributed by atoms with E-state index in [0.717, 1.165) is 23.9 Å². The van der Waals surface area contributed by atoms with Gasteiger partial charge in [-0.2, -0.15) is 0 Å². The lowest BCUT2D eigenvalue weighted by molar-refractivity contribution is 0.102. The van der Waals surface area contributed by atoms with Crippen molar-refractivity contribution in [1.82, 2.24) is 9.97 Å². The van der Waals surface area contributed by atoms with Crippen LogP contribution in [0.1, 0.15) is 36.1 Å². The first-order valence-electron chi connectivity index (χ1n) is 7.25. The van der Waals surface area contributed by atoms with Crippen molar-refractivity contribution < 1.29 is 4.79 Å². The SMILES string of the molecule is CCCCNc1cc(C(=O)Nc2ccccc2Br)nc(C)n1. The predicted octanol–water partition coefficient (Wildman–Crippen LogP) is 4.01. The van der Waals surface area contributed by atoms with E-state index in [-0.39, 0.29) is 5.91 Å². The minimum absolute atomic E-state index is 0.254. The van der Waals surface area contributed by atoms with Crippen molar-refractivity contribution in [2.45, 2.75) is 26.7 Å². The Morgan fingerprint density at radius 1 is 1.27 bits per heavy atom. The first kappa shape index (κ1) is 16.4. The van der Waals surface area contributed by atoms with E-state index in [9.17, 15) is 4.79 Å². The number of hydrogen-bond donors (Lipinski definition) is 2. The molecule has 1 amide bonds. The molecule has 22 heavy (non-hydrogen) atoms. The van der Waals surface area contributed by atoms with Gasteiger partial charge < -0.3 is 10.6 Å². The number of anilines is 2. The summed E-state index contributed by atoms with van der Waals surface area (Å²) < 4.78 is 0.829. The third-order valence-electron chi connectivity index (χ3n) is 3.03. The molecule has 0 spiro atoms. The van der Waals surface area contributed by atoms with E-state index in [2.05, 4.69) is 43.5 Å². The van der Waals surface area contributed by atoms with Crippen LogP contribution in [0.4, 0.5) is 11.5 Å². The number of para-hydroxylation sites is 1. The van der Waals surface area contributed by atoms with Crippen LogP contribution in [0.3, 0.4) is 0 Å². The fraction of sp³-hybridized carbons (Fsp3) is 0.312. The molecule has 2 N–H and O–H groups in total. The number of nitrogens with zero attached hydrogens (tertiary/aromatic N) is 2. The molecule has 0 radical (unpaired) electrons. The topological polar surface area (TPSA) is 66.9 Å². The molecule has 6 heteroatoms. The van der Waals surface area contributed by atoms with Crippen LogP contribution in [0.15, 0.2) is 34.8 Å². The van der Waals surface area contributed by atoms with Gasteiger partial charge in [0, 0.05) is 17.1 Å². The Labute approximate surface area is 138 Å². The number of carbonyl (C=O) groups is 1. The van der Waals surface area contributed by atoms with Gasteiger partial charge in [-0.25, -0.2) is 9.97 Å². The smallest absolute Gasteiger partial charge is 0.274 e. The molecule has 0 fully saturated rings. The molecule has 0 saturated carbocycles. The van der Waals surface area contributed by atoms with Crippen molar-refractivity contribution in [3.8, 4) is 0 Å². The molecule has 0 aliphatic rings. The first-order valence-corrected chi connectivity index (χ1v) is 8.05. The Kier molecular flexibility index (Phi) is 5.89. The van der Waals surface area contributed by atoms with Crippen LogP contribution in [-0.2, 0) is 0 Å². The van der Waals surface area contributed by atoms with Crippen LogP contribution in [0.2, 0.25) is 0 Å². The summed E-state index contributed by atoms with van der Waals surface area (Å²) in [6.45, 7) is 4.74. The third-order valence-corrected chi connectivity index (χ3v) is 3.72. The van der Waals surface area contributed by atoms with Crippen molar-refractivity contribution in [2.75, 3.05) is 17.2 Å². The second kappa shape index (κ2) is 7.89. The summed E-state index contributed by atoms with van der Waals surface area (Å²) in [5.41, 5.74) is 1.06. The maximum absolute atomic E-state index is 12.4. The molecule has 0 saturated heterocycles. The second-order valence-corrected chi connectivity index (χ2v) is 5.75. The lowest BCUT2D eigenvalue weighted by Crippen LogP contribution is -2.16. The standard InChI is InChI=1S/C16H19BrN4O/c1-3-4-9-18-15-10-14(19-11(2)20-15)16(22)21-13-8-6-5-7-12(13)17/h5-8,10H,3-4,9H2,1-2H3,(H,21,22)(H,18,19,20). The Morgan fingerprint density at radius 2 is 2.05 bits per heavy atom. The Bertz CT molecular complexity index is 660. The highest BCUT2D eigenvalue weighted by atomic mass is 79.9. The van der Waals surface area contributed by atoms with Crippen molar-refractivity contribution in [3.63, 3.8) is 0 Å². The number of halogens is 1. The normalized spacial score (nSPS) is 10.3. The van der Waals surface area contributed by atoms with E-state index in [1.807, 2.05) is 24.3 Å². The van der Waals surface area contributed by atoms with Crippen molar-refractivity contribution in [3.05, 3.63) is 46.3 Å². The fourth-order valence-electron chi connectivity index (χ4n) is 1.92. The largest absolute Gasteiger partial charge is 0.370 e. The highest BCUT2D eigenvalue weighted by Gasteiger charge is 2.12. The predicted molar refractivity (Wildman–Crippen MR) is 92.3 cm³/mol. The molecule has 5 nitrogen and oxygen atoms in total. The van der Waals surface area contributed by atoms with Crippen molar-refractivity contribution in [2.24, 2.45) is 0 Å². The number of unbranched alkanes of at least 4 members (excludes halogenated alkanes) is 1. The maximum atomic E-state index is 12.4. The number of amides is 1. The van der Waals surface area contributed by atoms with Gasteiger partial charge in [0.15, 0.2) is 0 Å². The number of hydrogen-bond acceptors (Lipinski definition) is 4. The molecule has 0 aliphatic carbocycles. The van der Waals surface area contributed by atoms with Gasteiger partial charge in [0.25, 0.3) is 5.91 Å². The molecule has 2 rings (SSSR count). The molecule has 2 aromatic rings. The highest BCUT2D eigenvalue weighted by Crippen LogP contribution is 2.21. The Hall–Kier alpha value is -1.95. The van der Waals surface area contributed by atoms with E-state index < -0.39 is 0 Å². The molecular formula is C16H19BrN4O. The monoisotopic (exact) mass is 362 g/mol. The summed E-state index contributed by atoms with van der Waals surface area (Å²) in [4.78, 5) is 20.9. The van der Waals surface area contributed by atoms with Crippen LogP contribution >= 0.6 is 15.9 Å². The molecule has 1 aromatic heterocycles. The summed E-state index contributed by atoms with van der Waals surface area (Å²) in [7, 11) is 0. The van der Waals surface area contributed by atoms with E-state index >= 15 is 0 Å². The molecule has 1 aromatic carbocycles. The van der Waals surface area contributed by atoms with Gasteiger partial charge in [0.1, 0.15) is 17.3 Å². The van der Waals surface area contributed by atoms with E-state index in [1.54, 1.807) is 13.0 Å². The number of benzene rings is 1. The zero-order valence-corrected chi connectivity index (χ0v) is 14.3. The first-order chi connectivity index (χ1) is 10.6. The zero-order valence-electron chi connectivity index (χ0n) is 12.7. The summed E-state index contributed by atoms with van der Waals surface area (Å²) >= 11 is 3.41. The van der Waals surface area contributed by atoms with Gasteiger partial charge in [-0.15, -0.1) is 0 Å². The quantitative estimate of drug-likeness (QED) is 0.761. The molecular weight excluding hydrogens is 344 g/mol. The fourth-order valence-corrected chi connectivity index (χ4v) is 2.30. The van der Waals surface area contributed by atoms with Crippen molar-refractivity contribution >= 4 is 33.3 Å². The summed E-state index contributed by atoms with van der Waals surface area (Å²) in [5, 5.41) is 6.06. The minimum atomic E-state index is -0.254. The molecule has 0 bridgehead atoms. The highest BCUT2D eigenvalue weighted by molar-refractivity contribution is 9.10. The average molecular weight is 363 g/mol. The van der Waals surface area contributed by atoms with Crippen molar-refractivity contribution in [1.29, 1.82) is 0 Å². The van der Waals surface area contributed by atoms with Gasteiger partial charge >= 0.3 is 0 Å². The van der Waals surface area contributed by atoms with Gasteiger partial charge in [0.05, 0.1) is 5.69 Å². The van der Waals surface area contributed by atoms with Crippen LogP contribution in [-0.4, -0.2) is 22.4 Å². The number of nitrogens with one attached hydrogen (secondary N) is 2. The Morgan fingerprint density at radius 3 is 2.77 bits per heavy atom. The number of aryl methyl sites for hydroxylation is 1. The molecule has 1 heterocycles. The maximum Gasteiger partial charge on any atom is 0.274 e. The Balaban J connectivity index is 2.13. The molecule has 116 valence electrons. The average Bonchev–Trinajstić information content (AvgIpc) is 2.49. The van der Waals surface area contributed by atoms with E-state index in [0.29, 0.717) is 23.0 Å². The number of carbonyl (C=O) groups excluding carboxylic acids is 1. The van der Waals surface area contributed by atoms with Gasteiger partial charge in [-0.05, 0) is 41.4 Å².